The highest BCUT2D eigenvalue weighted by Crippen LogP contribution is 2.26. The first-order valence-corrected chi connectivity index (χ1v) is 10.8. The lowest BCUT2D eigenvalue weighted by Gasteiger charge is -2.12. The van der Waals surface area contributed by atoms with Crippen molar-refractivity contribution in [1.82, 2.24) is 0 Å². The molecule has 0 saturated carbocycles. The van der Waals surface area contributed by atoms with Gasteiger partial charge in [-0.05, 0) is 74.4 Å². The van der Waals surface area contributed by atoms with Gasteiger partial charge in [0.2, 0.25) is 0 Å². The van der Waals surface area contributed by atoms with E-state index in [-0.39, 0.29) is 10.8 Å². The number of benzene rings is 3. The molecule has 150 valence electrons. The van der Waals surface area contributed by atoms with Crippen molar-refractivity contribution >= 4 is 38.9 Å². The van der Waals surface area contributed by atoms with Crippen molar-refractivity contribution in [3.8, 4) is 0 Å². The molecule has 3 aromatic rings. The van der Waals surface area contributed by atoms with Gasteiger partial charge < -0.3 is 5.32 Å². The molecule has 1 amide bonds. The zero-order valence-electron chi connectivity index (χ0n) is 16.3. The number of sulfonamides is 1. The number of amides is 1. The first-order valence-electron chi connectivity index (χ1n) is 8.94. The lowest BCUT2D eigenvalue weighted by molar-refractivity contribution is 0.102. The number of nitrogens with one attached hydrogen (secondary N) is 2. The Labute approximate surface area is 175 Å². The van der Waals surface area contributed by atoms with Crippen LogP contribution in [0.4, 0.5) is 11.4 Å². The van der Waals surface area contributed by atoms with Gasteiger partial charge in [0.05, 0.1) is 10.6 Å². The minimum absolute atomic E-state index is 0.0848. The van der Waals surface area contributed by atoms with Crippen LogP contribution in [0.2, 0.25) is 5.02 Å². The molecule has 0 spiro atoms. The van der Waals surface area contributed by atoms with Gasteiger partial charge in [-0.3, -0.25) is 9.52 Å². The topological polar surface area (TPSA) is 75.3 Å². The highest BCUT2D eigenvalue weighted by atomic mass is 35.5. The van der Waals surface area contributed by atoms with Gasteiger partial charge in [0.15, 0.2) is 0 Å². The van der Waals surface area contributed by atoms with Crippen LogP contribution in [0.5, 0.6) is 0 Å². The Morgan fingerprint density at radius 2 is 1.62 bits per heavy atom. The van der Waals surface area contributed by atoms with Crippen LogP contribution in [-0.2, 0) is 10.0 Å². The van der Waals surface area contributed by atoms with Crippen LogP contribution in [0.3, 0.4) is 0 Å². The van der Waals surface area contributed by atoms with E-state index in [0.29, 0.717) is 27.5 Å². The molecule has 0 aliphatic heterocycles. The van der Waals surface area contributed by atoms with E-state index in [9.17, 15) is 13.2 Å². The summed E-state index contributed by atoms with van der Waals surface area (Å²) in [7, 11) is -3.78. The van der Waals surface area contributed by atoms with Gasteiger partial charge in [-0.15, -0.1) is 0 Å². The molecule has 0 aromatic heterocycles. The summed E-state index contributed by atoms with van der Waals surface area (Å²) in [6.07, 6.45) is 0. The summed E-state index contributed by atoms with van der Waals surface area (Å²) in [5.74, 6) is -0.241. The van der Waals surface area contributed by atoms with Crippen molar-refractivity contribution in [2.45, 2.75) is 25.7 Å². The van der Waals surface area contributed by atoms with Crippen LogP contribution >= 0.6 is 11.6 Å². The predicted octanol–water partition coefficient (Wildman–Crippen LogP) is 5.32. The molecule has 0 radical (unpaired) electrons. The molecule has 0 heterocycles. The summed E-state index contributed by atoms with van der Waals surface area (Å²) >= 11 is 6.05. The number of carbonyl (C=O) groups is 1. The van der Waals surface area contributed by atoms with Crippen molar-refractivity contribution in [1.29, 1.82) is 0 Å². The van der Waals surface area contributed by atoms with E-state index in [1.807, 2.05) is 32.0 Å². The summed E-state index contributed by atoms with van der Waals surface area (Å²) in [4.78, 5) is 12.6. The molecule has 0 aliphatic carbocycles. The molecule has 0 bridgehead atoms. The van der Waals surface area contributed by atoms with E-state index >= 15 is 0 Å². The average Bonchev–Trinajstić information content (AvgIpc) is 2.67. The number of hydrogen-bond donors (Lipinski definition) is 2. The Bertz CT molecular complexity index is 1170. The third-order valence-electron chi connectivity index (χ3n) is 4.57. The maximum atomic E-state index is 12.7. The smallest absolute Gasteiger partial charge is 0.261 e. The normalized spacial score (nSPS) is 11.2. The van der Waals surface area contributed by atoms with Crippen molar-refractivity contribution in [3.63, 3.8) is 0 Å². The fraction of sp³-hybridized carbons (Fsp3) is 0.136. The van der Waals surface area contributed by atoms with Crippen LogP contribution < -0.4 is 10.0 Å². The van der Waals surface area contributed by atoms with Gasteiger partial charge in [-0.25, -0.2) is 8.42 Å². The third kappa shape index (κ3) is 4.78. The van der Waals surface area contributed by atoms with Crippen LogP contribution in [0.25, 0.3) is 0 Å². The first-order chi connectivity index (χ1) is 13.7. The number of carbonyl (C=O) groups excluding carboxylic acids is 1. The van der Waals surface area contributed by atoms with Crippen LogP contribution in [-0.4, -0.2) is 14.3 Å². The minimum Gasteiger partial charge on any atom is -0.322 e. The first kappa shape index (κ1) is 20.9. The third-order valence-corrected chi connectivity index (χ3v) is 6.36. The van der Waals surface area contributed by atoms with Crippen molar-refractivity contribution < 1.29 is 13.2 Å². The van der Waals surface area contributed by atoms with E-state index in [1.54, 1.807) is 37.3 Å². The lowest BCUT2D eigenvalue weighted by atomic mass is 10.1. The zero-order chi connectivity index (χ0) is 21.2. The molecule has 2 N–H and O–H groups in total. The van der Waals surface area contributed by atoms with Gasteiger partial charge >= 0.3 is 0 Å². The zero-order valence-corrected chi connectivity index (χ0v) is 17.9. The molecule has 0 saturated heterocycles. The largest absolute Gasteiger partial charge is 0.322 e. The number of rotatable bonds is 5. The molecule has 7 heteroatoms. The van der Waals surface area contributed by atoms with E-state index in [4.69, 9.17) is 11.6 Å². The van der Waals surface area contributed by atoms with Crippen molar-refractivity contribution in [2.24, 2.45) is 0 Å². The Morgan fingerprint density at radius 3 is 2.31 bits per heavy atom. The summed E-state index contributed by atoms with van der Waals surface area (Å²) in [6.45, 7) is 5.53. The van der Waals surface area contributed by atoms with Crippen molar-refractivity contribution in [3.05, 3.63) is 87.9 Å². The molecule has 0 aliphatic rings. The summed E-state index contributed by atoms with van der Waals surface area (Å²) < 4.78 is 27.9. The predicted molar refractivity (Wildman–Crippen MR) is 117 cm³/mol. The molecule has 3 rings (SSSR count). The fourth-order valence-electron chi connectivity index (χ4n) is 2.82. The van der Waals surface area contributed by atoms with E-state index in [1.165, 1.54) is 12.1 Å². The standard InChI is InChI=1S/C22H21ClN2O3S/c1-14-7-8-15(2)19(13-14)22(26)24-17-9-11-18(12-10-17)29(27,28)25-21-6-4-5-20(23)16(21)3/h4-13,25H,1-3H3,(H,24,26). The Morgan fingerprint density at radius 1 is 0.931 bits per heavy atom. The van der Waals surface area contributed by atoms with E-state index < -0.39 is 10.0 Å². The maximum absolute atomic E-state index is 12.7. The highest BCUT2D eigenvalue weighted by molar-refractivity contribution is 7.92. The quantitative estimate of drug-likeness (QED) is 0.577. The number of halogens is 1. The maximum Gasteiger partial charge on any atom is 0.261 e. The lowest BCUT2D eigenvalue weighted by Crippen LogP contribution is -2.15. The summed E-state index contributed by atoms with van der Waals surface area (Å²) in [6, 6.07) is 16.7. The molecule has 3 aromatic carbocycles. The monoisotopic (exact) mass is 428 g/mol. The fourth-order valence-corrected chi connectivity index (χ4v) is 4.12. The molecule has 0 fully saturated rings. The molecule has 0 atom stereocenters. The minimum atomic E-state index is -3.78. The molecule has 5 nitrogen and oxygen atoms in total. The highest BCUT2D eigenvalue weighted by Gasteiger charge is 2.16. The second kappa shape index (κ2) is 8.27. The number of anilines is 2. The summed E-state index contributed by atoms with van der Waals surface area (Å²) in [5, 5.41) is 3.28. The molecular formula is C22H21ClN2O3S. The van der Waals surface area contributed by atoms with Gasteiger partial charge in [0, 0.05) is 16.3 Å². The molecule has 29 heavy (non-hydrogen) atoms. The average molecular weight is 429 g/mol. The van der Waals surface area contributed by atoms with E-state index in [0.717, 1.165) is 11.1 Å². The van der Waals surface area contributed by atoms with Crippen LogP contribution in [0.15, 0.2) is 65.6 Å². The van der Waals surface area contributed by atoms with Crippen LogP contribution in [0, 0.1) is 20.8 Å². The van der Waals surface area contributed by atoms with Crippen LogP contribution in [0.1, 0.15) is 27.0 Å². The van der Waals surface area contributed by atoms with Gasteiger partial charge in [0.1, 0.15) is 0 Å². The Balaban J connectivity index is 1.78. The van der Waals surface area contributed by atoms with Gasteiger partial charge in [-0.1, -0.05) is 35.4 Å². The van der Waals surface area contributed by atoms with Crippen molar-refractivity contribution in [2.75, 3.05) is 10.0 Å². The number of aryl methyl sites for hydroxylation is 2. The number of hydrogen-bond acceptors (Lipinski definition) is 3. The van der Waals surface area contributed by atoms with Gasteiger partial charge in [-0.2, -0.15) is 0 Å². The van der Waals surface area contributed by atoms with Gasteiger partial charge in [0.25, 0.3) is 15.9 Å². The summed E-state index contributed by atoms with van der Waals surface area (Å²) in [5.41, 5.74) is 4.02. The molecule has 0 unspecified atom stereocenters. The van der Waals surface area contributed by atoms with E-state index in [2.05, 4.69) is 10.0 Å². The second-order valence-corrected chi connectivity index (χ2v) is 8.90. The Kier molecular flexibility index (Phi) is 5.96. The second-order valence-electron chi connectivity index (χ2n) is 6.81. The molecular weight excluding hydrogens is 408 g/mol. The SMILES string of the molecule is Cc1ccc(C)c(C(=O)Nc2ccc(S(=O)(=O)Nc3cccc(Cl)c3C)cc2)c1. The Hall–Kier alpha value is -2.83.